The Kier molecular flexibility index (Phi) is 8.45. The van der Waals surface area contributed by atoms with E-state index in [0.29, 0.717) is 31.6 Å². The molecule has 3 aromatic rings. The molecule has 35 heavy (non-hydrogen) atoms. The SMILES string of the molecule is CCc1cccc(CNC[C@@H](O)[C@H](Cc2cc(F)cc(F)c2)N2C=CC=C(c3ccccc3)C2)c1. The van der Waals surface area contributed by atoms with Gasteiger partial charge in [0, 0.05) is 25.7 Å². The Hall–Kier alpha value is -3.28. The highest BCUT2D eigenvalue weighted by atomic mass is 19.1. The second-order valence-corrected chi connectivity index (χ2v) is 8.99. The molecule has 5 heteroatoms. The van der Waals surface area contributed by atoms with Crippen molar-refractivity contribution in [3.8, 4) is 0 Å². The number of nitrogens with zero attached hydrogens (tertiary/aromatic N) is 1. The van der Waals surface area contributed by atoms with E-state index >= 15 is 0 Å². The van der Waals surface area contributed by atoms with Crippen molar-refractivity contribution in [3.63, 3.8) is 0 Å². The van der Waals surface area contributed by atoms with E-state index in [1.807, 2.05) is 36.5 Å². The van der Waals surface area contributed by atoms with Crippen LogP contribution in [0.25, 0.3) is 5.57 Å². The third-order valence-electron chi connectivity index (χ3n) is 6.39. The molecule has 182 valence electrons. The van der Waals surface area contributed by atoms with Crippen LogP contribution in [0.15, 0.2) is 91.1 Å². The van der Waals surface area contributed by atoms with Gasteiger partial charge in [-0.25, -0.2) is 8.78 Å². The summed E-state index contributed by atoms with van der Waals surface area (Å²) < 4.78 is 27.8. The second-order valence-electron chi connectivity index (χ2n) is 8.99. The van der Waals surface area contributed by atoms with E-state index in [1.165, 1.54) is 17.7 Å². The highest BCUT2D eigenvalue weighted by molar-refractivity contribution is 5.69. The van der Waals surface area contributed by atoms with Crippen LogP contribution in [0.3, 0.4) is 0 Å². The Bertz CT molecular complexity index is 1160. The molecule has 3 nitrogen and oxygen atoms in total. The molecule has 0 spiro atoms. The summed E-state index contributed by atoms with van der Waals surface area (Å²) >= 11 is 0. The standard InChI is InChI=1S/C30H32F2N2O/c1-2-22-8-6-9-23(14-22)19-33-20-30(35)29(17-24-15-27(31)18-28(32)16-24)34-13-7-12-26(21-34)25-10-4-3-5-11-25/h3-16,18,29-30,33,35H,2,17,19-21H2,1H3/t29-,30+/m0/s1. The van der Waals surface area contributed by atoms with Crippen LogP contribution in [0.4, 0.5) is 8.78 Å². The van der Waals surface area contributed by atoms with Crippen molar-refractivity contribution in [1.29, 1.82) is 0 Å². The number of aliphatic hydroxyl groups excluding tert-OH is 1. The number of halogens is 2. The maximum absolute atomic E-state index is 13.9. The summed E-state index contributed by atoms with van der Waals surface area (Å²) in [6, 6.07) is 21.7. The lowest BCUT2D eigenvalue weighted by Gasteiger charge is -2.36. The number of benzene rings is 3. The van der Waals surface area contributed by atoms with E-state index in [4.69, 9.17) is 0 Å². The zero-order valence-corrected chi connectivity index (χ0v) is 20.0. The highest BCUT2D eigenvalue weighted by Gasteiger charge is 2.27. The monoisotopic (exact) mass is 474 g/mol. The van der Waals surface area contributed by atoms with Crippen LogP contribution in [-0.4, -0.2) is 35.2 Å². The van der Waals surface area contributed by atoms with Crippen molar-refractivity contribution in [2.45, 2.75) is 38.5 Å². The first kappa shape index (κ1) is 24.8. The Morgan fingerprint density at radius 2 is 1.66 bits per heavy atom. The van der Waals surface area contributed by atoms with Crippen LogP contribution in [-0.2, 0) is 19.4 Å². The van der Waals surface area contributed by atoms with Gasteiger partial charge in [-0.2, -0.15) is 0 Å². The number of aryl methyl sites for hydroxylation is 1. The molecule has 0 amide bonds. The lowest BCUT2D eigenvalue weighted by molar-refractivity contribution is 0.0783. The van der Waals surface area contributed by atoms with Crippen molar-refractivity contribution in [3.05, 3.63) is 125 Å². The van der Waals surface area contributed by atoms with Crippen molar-refractivity contribution in [2.24, 2.45) is 0 Å². The van der Waals surface area contributed by atoms with Gasteiger partial charge in [-0.1, -0.05) is 67.6 Å². The third kappa shape index (κ3) is 6.87. The molecular weight excluding hydrogens is 442 g/mol. The first-order valence-corrected chi connectivity index (χ1v) is 12.1. The fraction of sp³-hybridized carbons (Fsp3) is 0.267. The largest absolute Gasteiger partial charge is 0.390 e. The molecule has 2 N–H and O–H groups in total. The first-order valence-electron chi connectivity index (χ1n) is 12.1. The maximum atomic E-state index is 13.9. The molecule has 0 bridgehead atoms. The fourth-order valence-corrected chi connectivity index (χ4v) is 4.54. The van der Waals surface area contributed by atoms with Gasteiger partial charge in [-0.15, -0.1) is 0 Å². The molecule has 1 heterocycles. The van der Waals surface area contributed by atoms with E-state index in [1.54, 1.807) is 0 Å². The molecule has 4 rings (SSSR count). The summed E-state index contributed by atoms with van der Waals surface area (Å²) in [5, 5.41) is 14.6. The zero-order valence-electron chi connectivity index (χ0n) is 20.0. The molecule has 1 aliphatic rings. The topological polar surface area (TPSA) is 35.5 Å². The molecule has 1 aliphatic heterocycles. The number of allylic oxidation sites excluding steroid dienone is 2. The van der Waals surface area contributed by atoms with Crippen LogP contribution in [0.2, 0.25) is 0 Å². The number of hydrogen-bond donors (Lipinski definition) is 2. The lowest BCUT2D eigenvalue weighted by Crippen LogP contribution is -2.47. The van der Waals surface area contributed by atoms with E-state index < -0.39 is 17.7 Å². The summed E-state index contributed by atoms with van der Waals surface area (Å²) in [6.45, 7) is 3.71. The van der Waals surface area contributed by atoms with E-state index in [2.05, 4.69) is 53.5 Å². The van der Waals surface area contributed by atoms with Gasteiger partial charge in [0.25, 0.3) is 0 Å². The van der Waals surface area contributed by atoms with Gasteiger partial charge in [0.05, 0.1) is 12.1 Å². The first-order chi connectivity index (χ1) is 17.0. The van der Waals surface area contributed by atoms with Crippen molar-refractivity contribution >= 4 is 5.57 Å². The summed E-state index contributed by atoms with van der Waals surface area (Å²) in [7, 11) is 0. The predicted octanol–water partition coefficient (Wildman–Crippen LogP) is 5.50. The summed E-state index contributed by atoms with van der Waals surface area (Å²) in [5.74, 6) is -1.22. The van der Waals surface area contributed by atoms with E-state index in [0.717, 1.165) is 29.2 Å². The highest BCUT2D eigenvalue weighted by Crippen LogP contribution is 2.24. The average Bonchev–Trinajstić information content (AvgIpc) is 2.87. The van der Waals surface area contributed by atoms with Crippen LogP contribution < -0.4 is 5.32 Å². The Labute approximate surface area is 206 Å². The van der Waals surface area contributed by atoms with Gasteiger partial charge in [0.2, 0.25) is 0 Å². The van der Waals surface area contributed by atoms with Crippen LogP contribution in [0, 0.1) is 11.6 Å². The number of hydrogen-bond acceptors (Lipinski definition) is 3. The lowest BCUT2D eigenvalue weighted by atomic mass is 9.96. The Morgan fingerprint density at radius 3 is 2.40 bits per heavy atom. The molecule has 2 atom stereocenters. The summed E-state index contributed by atoms with van der Waals surface area (Å²) in [5.41, 5.74) is 5.19. The fourth-order valence-electron chi connectivity index (χ4n) is 4.54. The summed E-state index contributed by atoms with van der Waals surface area (Å²) in [6.07, 6.45) is 6.50. The minimum absolute atomic E-state index is 0.315. The second kappa shape index (κ2) is 11.9. The van der Waals surface area contributed by atoms with Crippen molar-refractivity contribution in [1.82, 2.24) is 10.2 Å². The van der Waals surface area contributed by atoms with Crippen molar-refractivity contribution in [2.75, 3.05) is 13.1 Å². The predicted molar refractivity (Wildman–Crippen MR) is 138 cm³/mol. The van der Waals surface area contributed by atoms with Gasteiger partial charge >= 0.3 is 0 Å². The molecule has 3 aromatic carbocycles. The summed E-state index contributed by atoms with van der Waals surface area (Å²) in [4.78, 5) is 2.06. The molecule has 0 saturated heterocycles. The number of nitrogens with one attached hydrogen (secondary N) is 1. The molecule has 0 aliphatic carbocycles. The zero-order chi connectivity index (χ0) is 24.6. The quantitative estimate of drug-likeness (QED) is 0.407. The Morgan fingerprint density at radius 1 is 0.914 bits per heavy atom. The van der Waals surface area contributed by atoms with Gasteiger partial charge in [-0.05, 0) is 65.1 Å². The van der Waals surface area contributed by atoms with Crippen LogP contribution in [0.1, 0.15) is 29.2 Å². The third-order valence-corrected chi connectivity index (χ3v) is 6.39. The number of rotatable bonds is 10. The Balaban J connectivity index is 1.49. The van der Waals surface area contributed by atoms with E-state index in [9.17, 15) is 13.9 Å². The number of aliphatic hydroxyl groups is 1. The van der Waals surface area contributed by atoms with E-state index in [-0.39, 0.29) is 6.04 Å². The molecule has 0 unspecified atom stereocenters. The van der Waals surface area contributed by atoms with Crippen molar-refractivity contribution < 1.29 is 13.9 Å². The smallest absolute Gasteiger partial charge is 0.126 e. The molecular formula is C30H32F2N2O. The average molecular weight is 475 g/mol. The van der Waals surface area contributed by atoms with Gasteiger partial charge in [0.15, 0.2) is 0 Å². The normalized spacial score (nSPS) is 15.1. The minimum Gasteiger partial charge on any atom is -0.390 e. The maximum Gasteiger partial charge on any atom is 0.126 e. The minimum atomic E-state index is -0.754. The van der Waals surface area contributed by atoms with Crippen LogP contribution in [0.5, 0.6) is 0 Å². The molecule has 0 aromatic heterocycles. The van der Waals surface area contributed by atoms with Crippen LogP contribution >= 0.6 is 0 Å². The molecule has 0 fully saturated rings. The van der Waals surface area contributed by atoms with Gasteiger partial charge in [-0.3, -0.25) is 0 Å². The molecule has 0 radical (unpaired) electrons. The molecule has 0 saturated carbocycles. The van der Waals surface area contributed by atoms with Gasteiger partial charge < -0.3 is 15.3 Å². The van der Waals surface area contributed by atoms with Gasteiger partial charge in [0.1, 0.15) is 11.6 Å².